The molecule has 31 heavy (non-hydrogen) atoms. The van der Waals surface area contributed by atoms with E-state index < -0.39 is 5.91 Å². The Labute approximate surface area is 185 Å². The molecule has 9 heteroatoms. The summed E-state index contributed by atoms with van der Waals surface area (Å²) in [4.78, 5) is 23.9. The summed E-state index contributed by atoms with van der Waals surface area (Å²) in [5, 5.41) is 11.8. The minimum Gasteiger partial charge on any atom is -0.485 e. The molecule has 0 fully saturated rings. The van der Waals surface area contributed by atoms with Crippen molar-refractivity contribution in [2.45, 2.75) is 39.1 Å². The molecule has 0 spiro atoms. The first-order valence-electron chi connectivity index (χ1n) is 9.83. The first-order chi connectivity index (χ1) is 14.9. The Morgan fingerprint density at radius 2 is 1.90 bits per heavy atom. The summed E-state index contributed by atoms with van der Waals surface area (Å²) in [6.45, 7) is 6.97. The van der Waals surface area contributed by atoms with Crippen LogP contribution in [0.5, 0.6) is 5.75 Å². The lowest BCUT2D eigenvalue weighted by molar-refractivity contribution is -0.113. The average molecular weight is 440 g/mol. The topological polar surface area (TPSA) is 112 Å². The molecule has 3 rings (SSSR count). The Kier molecular flexibility index (Phi) is 7.30. The summed E-state index contributed by atoms with van der Waals surface area (Å²) in [6.07, 6.45) is 0. The maximum Gasteiger partial charge on any atom is 0.250 e. The number of nitrogens with two attached hydrogens (primary N) is 1. The number of carbonyl (C=O) groups is 2. The number of nitrogens with one attached hydrogen (secondary N) is 1. The largest absolute Gasteiger partial charge is 0.485 e. The van der Waals surface area contributed by atoms with Crippen LogP contribution in [0.2, 0.25) is 0 Å². The Balaban J connectivity index is 1.62. The van der Waals surface area contributed by atoms with Crippen molar-refractivity contribution in [3.05, 3.63) is 65.0 Å². The fraction of sp³-hybridized carbons (Fsp3) is 0.273. The molecule has 0 radical (unpaired) electrons. The molecule has 1 aromatic heterocycles. The normalized spacial score (nSPS) is 10.7. The number of hydrogen-bond donors (Lipinski definition) is 2. The number of primary amides is 1. The summed E-state index contributed by atoms with van der Waals surface area (Å²) in [7, 11) is 0. The van der Waals surface area contributed by atoms with E-state index in [1.54, 1.807) is 24.3 Å². The number of aryl methyl sites for hydroxylation is 1. The minimum absolute atomic E-state index is 0.114. The van der Waals surface area contributed by atoms with Gasteiger partial charge in [0, 0.05) is 6.54 Å². The zero-order chi connectivity index (χ0) is 22.4. The smallest absolute Gasteiger partial charge is 0.250 e. The molecule has 2 amide bonds. The molecular weight excluding hydrogens is 414 g/mol. The van der Waals surface area contributed by atoms with Crippen LogP contribution in [0.3, 0.4) is 0 Å². The Morgan fingerprint density at radius 3 is 2.65 bits per heavy atom. The second-order valence-corrected chi connectivity index (χ2v) is 7.82. The van der Waals surface area contributed by atoms with Crippen LogP contribution in [-0.2, 0) is 17.9 Å². The zero-order valence-electron chi connectivity index (χ0n) is 17.7. The molecule has 2 aromatic carbocycles. The van der Waals surface area contributed by atoms with Gasteiger partial charge in [-0.3, -0.25) is 9.59 Å². The Bertz CT molecular complexity index is 1100. The van der Waals surface area contributed by atoms with Gasteiger partial charge in [-0.15, -0.1) is 10.2 Å². The summed E-state index contributed by atoms with van der Waals surface area (Å²) in [5.74, 6) is 0.751. The van der Waals surface area contributed by atoms with E-state index in [1.807, 2.05) is 43.5 Å². The van der Waals surface area contributed by atoms with Crippen LogP contribution in [0.4, 0.5) is 5.69 Å². The van der Waals surface area contributed by atoms with Crippen LogP contribution in [0.25, 0.3) is 0 Å². The van der Waals surface area contributed by atoms with E-state index in [0.717, 1.165) is 16.9 Å². The van der Waals surface area contributed by atoms with Crippen LogP contribution in [0.1, 0.15) is 34.2 Å². The van der Waals surface area contributed by atoms with Crippen molar-refractivity contribution in [2.24, 2.45) is 5.73 Å². The van der Waals surface area contributed by atoms with Gasteiger partial charge in [0.1, 0.15) is 12.4 Å². The van der Waals surface area contributed by atoms with E-state index in [1.165, 1.54) is 11.8 Å². The number of rotatable bonds is 9. The molecule has 0 aliphatic rings. The SMILES string of the molecule is CCn1c(COc2cccc(C)c2C)nnc1SCC(=O)Nc1ccccc1C(N)=O. The molecular formula is C22H25N5O3S. The number of thioether (sulfide) groups is 1. The quantitative estimate of drug-likeness (QED) is 0.495. The Morgan fingerprint density at radius 1 is 1.13 bits per heavy atom. The predicted octanol–water partition coefficient (Wildman–Crippen LogP) is 3.32. The van der Waals surface area contributed by atoms with E-state index >= 15 is 0 Å². The lowest BCUT2D eigenvalue weighted by atomic mass is 10.1. The maximum absolute atomic E-state index is 12.4. The number of ether oxygens (including phenoxy) is 1. The average Bonchev–Trinajstić information content (AvgIpc) is 3.15. The van der Waals surface area contributed by atoms with Crippen molar-refractivity contribution in [1.82, 2.24) is 14.8 Å². The predicted molar refractivity (Wildman–Crippen MR) is 120 cm³/mol. The standard InChI is InChI=1S/C22H25N5O3S/c1-4-27-19(12-30-18-11-7-8-14(2)15(18)3)25-26-22(27)31-13-20(28)24-17-10-6-5-9-16(17)21(23)29/h5-11H,4,12-13H2,1-3H3,(H2,23,29)(H,24,28). The number of amides is 2. The molecule has 8 nitrogen and oxygen atoms in total. The van der Waals surface area contributed by atoms with Crippen LogP contribution < -0.4 is 15.8 Å². The van der Waals surface area contributed by atoms with Crippen molar-refractivity contribution >= 4 is 29.3 Å². The summed E-state index contributed by atoms with van der Waals surface area (Å²) in [5.41, 5.74) is 8.26. The van der Waals surface area contributed by atoms with Crippen molar-refractivity contribution in [1.29, 1.82) is 0 Å². The molecule has 0 aliphatic carbocycles. The zero-order valence-corrected chi connectivity index (χ0v) is 18.5. The van der Waals surface area contributed by atoms with Gasteiger partial charge in [-0.1, -0.05) is 36.0 Å². The molecule has 3 aromatic rings. The molecule has 1 heterocycles. The van der Waals surface area contributed by atoms with Gasteiger partial charge < -0.3 is 20.4 Å². The van der Waals surface area contributed by atoms with Gasteiger partial charge in [0.15, 0.2) is 11.0 Å². The molecule has 0 saturated heterocycles. The number of para-hydroxylation sites is 1. The van der Waals surface area contributed by atoms with Crippen LogP contribution in [-0.4, -0.2) is 32.3 Å². The van der Waals surface area contributed by atoms with E-state index in [9.17, 15) is 9.59 Å². The van der Waals surface area contributed by atoms with Gasteiger partial charge in [0.2, 0.25) is 5.91 Å². The highest BCUT2D eigenvalue weighted by Crippen LogP contribution is 2.23. The van der Waals surface area contributed by atoms with Crippen LogP contribution >= 0.6 is 11.8 Å². The molecule has 0 atom stereocenters. The number of anilines is 1. The number of aromatic nitrogens is 3. The maximum atomic E-state index is 12.4. The van der Waals surface area contributed by atoms with E-state index in [0.29, 0.717) is 23.2 Å². The van der Waals surface area contributed by atoms with Crippen LogP contribution in [0, 0.1) is 13.8 Å². The van der Waals surface area contributed by atoms with Gasteiger partial charge in [0.25, 0.3) is 5.91 Å². The second-order valence-electron chi connectivity index (χ2n) is 6.88. The van der Waals surface area contributed by atoms with Gasteiger partial charge in [-0.05, 0) is 50.1 Å². The highest BCUT2D eigenvalue weighted by atomic mass is 32.2. The van der Waals surface area contributed by atoms with E-state index in [4.69, 9.17) is 10.5 Å². The van der Waals surface area contributed by atoms with Crippen molar-refractivity contribution in [3.63, 3.8) is 0 Å². The van der Waals surface area contributed by atoms with Crippen molar-refractivity contribution < 1.29 is 14.3 Å². The van der Waals surface area contributed by atoms with Crippen molar-refractivity contribution in [3.8, 4) is 5.75 Å². The first-order valence-corrected chi connectivity index (χ1v) is 10.8. The van der Waals surface area contributed by atoms with Gasteiger partial charge >= 0.3 is 0 Å². The third-order valence-electron chi connectivity index (χ3n) is 4.82. The van der Waals surface area contributed by atoms with Gasteiger partial charge in [0.05, 0.1) is 17.0 Å². The fourth-order valence-corrected chi connectivity index (χ4v) is 3.82. The van der Waals surface area contributed by atoms with Crippen molar-refractivity contribution in [2.75, 3.05) is 11.1 Å². The molecule has 0 bridgehead atoms. The van der Waals surface area contributed by atoms with E-state index in [-0.39, 0.29) is 23.8 Å². The number of nitrogens with zero attached hydrogens (tertiary/aromatic N) is 3. The summed E-state index contributed by atoms with van der Waals surface area (Å²) < 4.78 is 7.86. The summed E-state index contributed by atoms with van der Waals surface area (Å²) >= 11 is 1.27. The monoisotopic (exact) mass is 439 g/mol. The third-order valence-corrected chi connectivity index (χ3v) is 5.79. The third kappa shape index (κ3) is 5.43. The highest BCUT2D eigenvalue weighted by molar-refractivity contribution is 7.99. The second kappa shape index (κ2) is 10.1. The lowest BCUT2D eigenvalue weighted by Crippen LogP contribution is -2.19. The highest BCUT2D eigenvalue weighted by Gasteiger charge is 2.15. The minimum atomic E-state index is -0.595. The van der Waals surface area contributed by atoms with Gasteiger partial charge in [-0.2, -0.15) is 0 Å². The lowest BCUT2D eigenvalue weighted by Gasteiger charge is -2.12. The molecule has 0 saturated carbocycles. The molecule has 0 unspecified atom stereocenters. The van der Waals surface area contributed by atoms with Crippen LogP contribution in [0.15, 0.2) is 47.6 Å². The Hall–Kier alpha value is -3.33. The molecule has 0 aliphatic heterocycles. The number of hydrogen-bond acceptors (Lipinski definition) is 6. The fourth-order valence-electron chi connectivity index (χ4n) is 3.00. The first kappa shape index (κ1) is 22.4. The number of carbonyl (C=O) groups excluding carboxylic acids is 2. The van der Waals surface area contributed by atoms with E-state index in [2.05, 4.69) is 15.5 Å². The molecule has 162 valence electrons. The van der Waals surface area contributed by atoms with Gasteiger partial charge in [-0.25, -0.2) is 0 Å². The summed E-state index contributed by atoms with van der Waals surface area (Å²) in [6, 6.07) is 12.6. The number of benzene rings is 2. The molecule has 3 N–H and O–H groups in total.